The first-order valence-electron chi connectivity index (χ1n) is 3.02. The molecule has 0 aromatic carbocycles. The molecule has 4 heteroatoms. The van der Waals surface area contributed by atoms with E-state index >= 15 is 0 Å². The monoisotopic (exact) mass is 143 g/mol. The Hall–Kier alpha value is -1.89. The molecular weight excluding hydrogens is 140 g/mol. The zero-order valence-electron chi connectivity index (χ0n) is 5.52. The molecule has 0 spiro atoms. The minimum atomic E-state index is 0.477. The maximum absolute atomic E-state index is 8.50. The number of nitrogens with zero attached hydrogens (tertiary/aromatic N) is 4. The SMILES string of the molecule is N#Cc1[c]c2nncn2cc1. The van der Waals surface area contributed by atoms with E-state index in [4.69, 9.17) is 5.26 Å². The van der Waals surface area contributed by atoms with Crippen LogP contribution >= 0.6 is 0 Å². The Morgan fingerprint density at radius 1 is 1.64 bits per heavy atom. The first kappa shape index (κ1) is 5.86. The van der Waals surface area contributed by atoms with Crippen LogP contribution in [0.15, 0.2) is 18.6 Å². The van der Waals surface area contributed by atoms with E-state index in [-0.39, 0.29) is 0 Å². The Morgan fingerprint density at radius 3 is 3.36 bits per heavy atom. The van der Waals surface area contributed by atoms with Crippen molar-refractivity contribution in [2.24, 2.45) is 0 Å². The van der Waals surface area contributed by atoms with Gasteiger partial charge in [-0.1, -0.05) is 0 Å². The van der Waals surface area contributed by atoms with Crippen LogP contribution in [-0.2, 0) is 0 Å². The lowest BCUT2D eigenvalue weighted by Gasteiger charge is -1.88. The zero-order valence-corrected chi connectivity index (χ0v) is 5.52. The van der Waals surface area contributed by atoms with Crippen LogP contribution in [0.4, 0.5) is 0 Å². The fourth-order valence-electron chi connectivity index (χ4n) is 0.823. The van der Waals surface area contributed by atoms with Crippen molar-refractivity contribution in [1.29, 1.82) is 5.26 Å². The summed E-state index contributed by atoms with van der Waals surface area (Å²) < 4.78 is 1.70. The first-order valence-corrected chi connectivity index (χ1v) is 3.02. The van der Waals surface area contributed by atoms with Gasteiger partial charge in [-0.3, -0.25) is 4.40 Å². The molecule has 11 heavy (non-hydrogen) atoms. The molecule has 0 saturated heterocycles. The number of aromatic nitrogens is 3. The van der Waals surface area contributed by atoms with Gasteiger partial charge in [0.05, 0.1) is 11.6 Å². The standard InChI is InChI=1S/C7H3N4/c8-4-6-1-2-11-5-9-10-7(11)3-6/h1-2,5H. The summed E-state index contributed by atoms with van der Waals surface area (Å²) >= 11 is 0. The fourth-order valence-corrected chi connectivity index (χ4v) is 0.823. The molecule has 0 fully saturated rings. The fraction of sp³-hybridized carbons (Fsp3) is 0. The van der Waals surface area contributed by atoms with Crippen LogP contribution in [-0.4, -0.2) is 14.6 Å². The molecule has 0 bridgehead atoms. The van der Waals surface area contributed by atoms with E-state index in [1.165, 1.54) is 0 Å². The Bertz CT molecular complexity index is 423. The smallest absolute Gasteiger partial charge is 0.169 e. The summed E-state index contributed by atoms with van der Waals surface area (Å²) in [6.07, 6.45) is 3.29. The second-order valence-corrected chi connectivity index (χ2v) is 2.03. The molecule has 0 aliphatic heterocycles. The van der Waals surface area contributed by atoms with Gasteiger partial charge in [-0.2, -0.15) is 5.26 Å². The van der Waals surface area contributed by atoms with Crippen molar-refractivity contribution in [3.05, 3.63) is 30.2 Å². The number of nitriles is 1. The maximum atomic E-state index is 8.50. The van der Waals surface area contributed by atoms with E-state index < -0.39 is 0 Å². The highest BCUT2D eigenvalue weighted by Crippen LogP contribution is 2.00. The number of pyridine rings is 1. The summed E-state index contributed by atoms with van der Waals surface area (Å²) in [6, 6.07) is 6.42. The van der Waals surface area contributed by atoms with Crippen molar-refractivity contribution < 1.29 is 0 Å². The molecule has 0 saturated carbocycles. The number of rotatable bonds is 0. The van der Waals surface area contributed by atoms with E-state index in [1.54, 1.807) is 23.0 Å². The third-order valence-corrected chi connectivity index (χ3v) is 1.34. The van der Waals surface area contributed by atoms with Crippen molar-refractivity contribution >= 4 is 5.65 Å². The van der Waals surface area contributed by atoms with Crippen molar-refractivity contribution in [3.8, 4) is 6.07 Å². The normalized spacial score (nSPS) is 9.73. The van der Waals surface area contributed by atoms with Gasteiger partial charge in [-0.25, -0.2) is 0 Å². The van der Waals surface area contributed by atoms with Gasteiger partial charge in [0.15, 0.2) is 5.65 Å². The highest BCUT2D eigenvalue weighted by Gasteiger charge is 1.95. The quantitative estimate of drug-likeness (QED) is 0.536. The van der Waals surface area contributed by atoms with Crippen LogP contribution in [0.5, 0.6) is 0 Å². The summed E-state index contributed by atoms with van der Waals surface area (Å²) in [6.45, 7) is 0. The van der Waals surface area contributed by atoms with Crippen LogP contribution in [0.1, 0.15) is 5.56 Å². The molecule has 0 amide bonds. The predicted molar refractivity (Wildman–Crippen MR) is 36.5 cm³/mol. The number of fused-ring (bicyclic) bond motifs is 1. The predicted octanol–water partition coefficient (Wildman–Crippen LogP) is 0.401. The maximum Gasteiger partial charge on any atom is 0.169 e. The van der Waals surface area contributed by atoms with Crippen LogP contribution < -0.4 is 0 Å². The highest BCUT2D eigenvalue weighted by molar-refractivity contribution is 5.42. The van der Waals surface area contributed by atoms with Gasteiger partial charge < -0.3 is 0 Å². The third-order valence-electron chi connectivity index (χ3n) is 1.34. The van der Waals surface area contributed by atoms with E-state index in [0.717, 1.165) is 0 Å². The molecule has 0 N–H and O–H groups in total. The molecule has 51 valence electrons. The summed E-state index contributed by atoms with van der Waals surface area (Å²) in [5.41, 5.74) is 1.05. The van der Waals surface area contributed by atoms with E-state index in [9.17, 15) is 0 Å². The van der Waals surface area contributed by atoms with E-state index in [1.807, 2.05) is 6.07 Å². The highest BCUT2D eigenvalue weighted by atomic mass is 15.2. The second kappa shape index (κ2) is 2.06. The number of hydrogen-bond acceptors (Lipinski definition) is 3. The molecule has 0 aliphatic rings. The Morgan fingerprint density at radius 2 is 2.55 bits per heavy atom. The zero-order chi connectivity index (χ0) is 7.68. The van der Waals surface area contributed by atoms with Crippen LogP contribution in [0.2, 0.25) is 0 Å². The van der Waals surface area contributed by atoms with Crippen LogP contribution in [0.25, 0.3) is 5.65 Å². The molecule has 4 nitrogen and oxygen atoms in total. The van der Waals surface area contributed by atoms with Gasteiger partial charge >= 0.3 is 0 Å². The van der Waals surface area contributed by atoms with Gasteiger partial charge in [-0.05, 0) is 6.07 Å². The third kappa shape index (κ3) is 0.829. The summed E-state index contributed by atoms with van der Waals surface area (Å²) in [4.78, 5) is 0. The summed E-state index contributed by atoms with van der Waals surface area (Å²) in [5.74, 6) is 0. The summed E-state index contributed by atoms with van der Waals surface area (Å²) in [7, 11) is 0. The lowest BCUT2D eigenvalue weighted by atomic mass is 10.3. The largest absolute Gasteiger partial charge is 0.288 e. The molecule has 1 radical (unpaired) electrons. The Balaban J connectivity index is 2.79. The van der Waals surface area contributed by atoms with Crippen molar-refractivity contribution in [2.75, 3.05) is 0 Å². The minimum Gasteiger partial charge on any atom is -0.288 e. The van der Waals surface area contributed by atoms with Gasteiger partial charge in [0.25, 0.3) is 0 Å². The molecule has 2 rings (SSSR count). The lowest BCUT2D eigenvalue weighted by molar-refractivity contribution is 1.10. The Kier molecular flexibility index (Phi) is 1.10. The molecule has 0 aliphatic carbocycles. The van der Waals surface area contributed by atoms with E-state index in [0.29, 0.717) is 11.2 Å². The van der Waals surface area contributed by atoms with Gasteiger partial charge in [-0.15, -0.1) is 10.2 Å². The van der Waals surface area contributed by atoms with Crippen LogP contribution in [0.3, 0.4) is 0 Å². The van der Waals surface area contributed by atoms with Gasteiger partial charge in [0.1, 0.15) is 6.33 Å². The van der Waals surface area contributed by atoms with Crippen LogP contribution in [0, 0.1) is 17.4 Å². The van der Waals surface area contributed by atoms with Gasteiger partial charge in [0.2, 0.25) is 0 Å². The summed E-state index contributed by atoms with van der Waals surface area (Å²) in [5, 5.41) is 15.9. The molecule has 2 aromatic heterocycles. The topological polar surface area (TPSA) is 54.0 Å². The van der Waals surface area contributed by atoms with Crippen molar-refractivity contribution in [3.63, 3.8) is 0 Å². The molecular formula is C7H3N4. The first-order chi connectivity index (χ1) is 5.40. The average Bonchev–Trinajstić information content (AvgIpc) is 2.50. The van der Waals surface area contributed by atoms with E-state index in [2.05, 4.69) is 16.3 Å². The lowest BCUT2D eigenvalue weighted by Crippen LogP contribution is -1.83. The van der Waals surface area contributed by atoms with Gasteiger partial charge in [0, 0.05) is 12.3 Å². The van der Waals surface area contributed by atoms with Crippen molar-refractivity contribution in [1.82, 2.24) is 14.6 Å². The minimum absolute atomic E-state index is 0.477. The number of hydrogen-bond donors (Lipinski definition) is 0. The molecule has 2 aromatic rings. The molecule has 2 heterocycles. The van der Waals surface area contributed by atoms with Crippen molar-refractivity contribution in [2.45, 2.75) is 0 Å². The molecule has 0 unspecified atom stereocenters. The Labute approximate surface area is 62.7 Å². The average molecular weight is 143 g/mol. The molecule has 0 atom stereocenters. The second-order valence-electron chi connectivity index (χ2n) is 2.03.